The van der Waals surface area contributed by atoms with E-state index in [-0.39, 0.29) is 18.4 Å². The van der Waals surface area contributed by atoms with E-state index in [2.05, 4.69) is 5.32 Å². The molecule has 2 aliphatic rings. The first-order chi connectivity index (χ1) is 9.70. The molecule has 0 atom stereocenters. The van der Waals surface area contributed by atoms with Crippen molar-refractivity contribution >= 4 is 11.8 Å². The van der Waals surface area contributed by atoms with Gasteiger partial charge in [-0.2, -0.15) is 0 Å². The van der Waals surface area contributed by atoms with Gasteiger partial charge in [0.05, 0.1) is 13.2 Å². The van der Waals surface area contributed by atoms with E-state index in [1.54, 1.807) is 0 Å². The molecule has 6 heteroatoms. The van der Waals surface area contributed by atoms with Crippen LogP contribution >= 0.6 is 0 Å². The fourth-order valence-electron chi connectivity index (χ4n) is 2.64. The highest BCUT2D eigenvalue weighted by molar-refractivity contribution is 5.78. The predicted molar refractivity (Wildman–Crippen MR) is 75.1 cm³/mol. The Morgan fingerprint density at radius 1 is 1.45 bits per heavy atom. The molecular formula is C14H25N3O3. The predicted octanol–water partition coefficient (Wildman–Crippen LogP) is -0.428. The van der Waals surface area contributed by atoms with Gasteiger partial charge in [-0.3, -0.25) is 14.5 Å². The highest BCUT2D eigenvalue weighted by Crippen LogP contribution is 2.25. The zero-order valence-corrected chi connectivity index (χ0v) is 12.0. The van der Waals surface area contributed by atoms with Crippen molar-refractivity contribution in [3.05, 3.63) is 0 Å². The van der Waals surface area contributed by atoms with Gasteiger partial charge in [0.2, 0.25) is 11.8 Å². The quantitative estimate of drug-likeness (QED) is 0.563. The molecule has 0 aromatic heterocycles. The fraction of sp³-hybridized carbons (Fsp3) is 0.857. The van der Waals surface area contributed by atoms with Crippen molar-refractivity contribution in [3.8, 4) is 0 Å². The lowest BCUT2D eigenvalue weighted by atomic mass is 10.3. The van der Waals surface area contributed by atoms with Gasteiger partial charge in [0, 0.05) is 38.6 Å². The Kier molecular flexibility index (Phi) is 5.79. The molecule has 0 bridgehead atoms. The Hall–Kier alpha value is -1.14. The van der Waals surface area contributed by atoms with Crippen molar-refractivity contribution in [2.75, 3.05) is 39.3 Å². The number of nitrogens with zero attached hydrogens (tertiary/aromatic N) is 2. The number of rotatable bonds is 9. The minimum absolute atomic E-state index is 0.0121. The number of aliphatic hydroxyl groups is 1. The summed E-state index contributed by atoms with van der Waals surface area (Å²) in [5.74, 6) is 0.247. The van der Waals surface area contributed by atoms with Crippen molar-refractivity contribution in [1.82, 2.24) is 15.1 Å². The van der Waals surface area contributed by atoms with Gasteiger partial charge in [0.25, 0.3) is 0 Å². The van der Waals surface area contributed by atoms with Crippen molar-refractivity contribution in [1.29, 1.82) is 0 Å². The molecule has 1 saturated heterocycles. The van der Waals surface area contributed by atoms with Crippen LogP contribution in [-0.4, -0.2) is 72.1 Å². The number of nitrogens with one attached hydrogen (secondary N) is 1. The highest BCUT2D eigenvalue weighted by Gasteiger charge is 2.29. The topological polar surface area (TPSA) is 72.9 Å². The molecule has 1 aliphatic heterocycles. The molecule has 1 heterocycles. The number of carbonyl (C=O) groups excluding carboxylic acids is 2. The Labute approximate surface area is 120 Å². The van der Waals surface area contributed by atoms with Crippen molar-refractivity contribution in [3.63, 3.8) is 0 Å². The molecular weight excluding hydrogens is 258 g/mol. The van der Waals surface area contributed by atoms with Crippen LogP contribution in [0.3, 0.4) is 0 Å². The van der Waals surface area contributed by atoms with Gasteiger partial charge in [-0.05, 0) is 25.7 Å². The minimum atomic E-state index is 0.0121. The lowest BCUT2D eigenvalue weighted by Crippen LogP contribution is -2.40. The summed E-state index contributed by atoms with van der Waals surface area (Å²) >= 11 is 0. The molecule has 114 valence electrons. The first kappa shape index (κ1) is 15.3. The smallest absolute Gasteiger partial charge is 0.234 e. The largest absolute Gasteiger partial charge is 0.395 e. The lowest BCUT2D eigenvalue weighted by Gasteiger charge is -2.20. The van der Waals surface area contributed by atoms with Gasteiger partial charge in [-0.25, -0.2) is 0 Å². The summed E-state index contributed by atoms with van der Waals surface area (Å²) in [5, 5.41) is 11.9. The molecule has 0 unspecified atom stereocenters. The van der Waals surface area contributed by atoms with E-state index in [0.29, 0.717) is 32.1 Å². The van der Waals surface area contributed by atoms with Crippen LogP contribution in [-0.2, 0) is 9.59 Å². The van der Waals surface area contributed by atoms with Crippen LogP contribution in [0.1, 0.15) is 32.1 Å². The number of amides is 2. The molecule has 2 N–H and O–H groups in total. The van der Waals surface area contributed by atoms with E-state index >= 15 is 0 Å². The van der Waals surface area contributed by atoms with E-state index in [0.717, 1.165) is 38.8 Å². The van der Waals surface area contributed by atoms with Crippen LogP contribution in [0.15, 0.2) is 0 Å². The van der Waals surface area contributed by atoms with Gasteiger partial charge < -0.3 is 15.3 Å². The molecule has 0 aromatic rings. The maximum atomic E-state index is 11.8. The van der Waals surface area contributed by atoms with Crippen LogP contribution in [0.5, 0.6) is 0 Å². The normalized spacial score (nSPS) is 18.9. The Bertz CT molecular complexity index is 345. The maximum absolute atomic E-state index is 11.8. The summed E-state index contributed by atoms with van der Waals surface area (Å²) in [6.07, 6.45) is 4.70. The summed E-state index contributed by atoms with van der Waals surface area (Å²) in [4.78, 5) is 27.1. The lowest BCUT2D eigenvalue weighted by molar-refractivity contribution is -0.127. The number of carbonyl (C=O) groups is 2. The van der Waals surface area contributed by atoms with Crippen LogP contribution in [0.4, 0.5) is 0 Å². The first-order valence-corrected chi connectivity index (χ1v) is 7.60. The summed E-state index contributed by atoms with van der Waals surface area (Å²) in [6.45, 7) is 3.25. The van der Waals surface area contributed by atoms with Crippen molar-refractivity contribution < 1.29 is 14.7 Å². The number of hydrogen-bond acceptors (Lipinski definition) is 4. The summed E-state index contributed by atoms with van der Waals surface area (Å²) in [5.41, 5.74) is 0. The monoisotopic (exact) mass is 283 g/mol. The van der Waals surface area contributed by atoms with Gasteiger partial charge in [0.15, 0.2) is 0 Å². The number of aliphatic hydroxyl groups excluding tert-OH is 1. The third kappa shape index (κ3) is 4.76. The summed E-state index contributed by atoms with van der Waals surface area (Å²) in [7, 11) is 0. The zero-order chi connectivity index (χ0) is 14.4. The zero-order valence-electron chi connectivity index (χ0n) is 12.0. The molecule has 1 aliphatic carbocycles. The van der Waals surface area contributed by atoms with Gasteiger partial charge in [-0.1, -0.05) is 0 Å². The first-order valence-electron chi connectivity index (χ1n) is 7.60. The molecule has 0 aromatic carbocycles. The Balaban J connectivity index is 1.56. The number of likely N-dealkylation sites (tertiary alicyclic amines) is 1. The molecule has 0 spiro atoms. The summed E-state index contributed by atoms with van der Waals surface area (Å²) in [6, 6.07) is 0.482. The van der Waals surface area contributed by atoms with E-state index < -0.39 is 0 Å². The van der Waals surface area contributed by atoms with Gasteiger partial charge in [-0.15, -0.1) is 0 Å². The fourth-order valence-corrected chi connectivity index (χ4v) is 2.64. The maximum Gasteiger partial charge on any atom is 0.234 e. The molecule has 2 rings (SSSR count). The highest BCUT2D eigenvalue weighted by atomic mass is 16.3. The Morgan fingerprint density at radius 2 is 2.25 bits per heavy atom. The standard InChI is InChI=1S/C14H25N3O3/c18-10-9-17(12-4-5-12)11-13(19)15-6-2-8-16-7-1-3-14(16)20/h12,18H,1-11H2,(H,15,19). The van der Waals surface area contributed by atoms with E-state index in [1.807, 2.05) is 9.80 Å². The second-order valence-corrected chi connectivity index (χ2v) is 5.61. The minimum Gasteiger partial charge on any atom is -0.395 e. The average molecular weight is 283 g/mol. The second-order valence-electron chi connectivity index (χ2n) is 5.61. The van der Waals surface area contributed by atoms with Crippen LogP contribution in [0.25, 0.3) is 0 Å². The molecule has 6 nitrogen and oxygen atoms in total. The van der Waals surface area contributed by atoms with E-state index in [9.17, 15) is 9.59 Å². The third-order valence-corrected chi connectivity index (χ3v) is 3.90. The van der Waals surface area contributed by atoms with Crippen molar-refractivity contribution in [2.24, 2.45) is 0 Å². The molecule has 2 fully saturated rings. The van der Waals surface area contributed by atoms with Crippen LogP contribution < -0.4 is 5.32 Å². The van der Waals surface area contributed by atoms with Crippen LogP contribution in [0, 0.1) is 0 Å². The van der Waals surface area contributed by atoms with E-state index in [1.165, 1.54) is 0 Å². The third-order valence-electron chi connectivity index (χ3n) is 3.90. The molecule has 0 radical (unpaired) electrons. The summed E-state index contributed by atoms with van der Waals surface area (Å²) < 4.78 is 0. The average Bonchev–Trinajstić information content (AvgIpc) is 3.19. The van der Waals surface area contributed by atoms with E-state index in [4.69, 9.17) is 5.11 Å². The van der Waals surface area contributed by atoms with Gasteiger partial charge >= 0.3 is 0 Å². The Morgan fingerprint density at radius 3 is 2.85 bits per heavy atom. The van der Waals surface area contributed by atoms with Crippen molar-refractivity contribution in [2.45, 2.75) is 38.1 Å². The molecule has 2 amide bonds. The second kappa shape index (κ2) is 7.59. The van der Waals surface area contributed by atoms with Crippen LogP contribution in [0.2, 0.25) is 0 Å². The van der Waals surface area contributed by atoms with Gasteiger partial charge in [0.1, 0.15) is 0 Å². The number of hydrogen-bond donors (Lipinski definition) is 2. The molecule has 1 saturated carbocycles. The SMILES string of the molecule is O=C(CN(CCO)C1CC1)NCCCN1CCCC1=O. The molecule has 20 heavy (non-hydrogen) atoms.